The van der Waals surface area contributed by atoms with Crippen molar-refractivity contribution in [1.29, 1.82) is 0 Å². The molecule has 0 bridgehead atoms. The predicted octanol–water partition coefficient (Wildman–Crippen LogP) is 3.88. The number of anilines is 1. The molecule has 0 spiro atoms. The maximum atomic E-state index is 12.2. The Labute approximate surface area is 144 Å². The third kappa shape index (κ3) is 3.83. The molecule has 0 unspecified atom stereocenters. The number of hydrogen-bond donors (Lipinski definition) is 1. The Bertz CT molecular complexity index is 805. The number of aromatic nitrogens is 1. The maximum Gasteiger partial charge on any atom is 0.224 e. The van der Waals surface area contributed by atoms with E-state index < -0.39 is 0 Å². The summed E-state index contributed by atoms with van der Waals surface area (Å²) in [6.07, 6.45) is 0.992. The molecule has 6 heteroatoms. The number of thiazole rings is 1. The zero-order valence-electron chi connectivity index (χ0n) is 13.5. The molecule has 1 aromatic heterocycles. The zero-order chi connectivity index (χ0) is 16.9. The summed E-state index contributed by atoms with van der Waals surface area (Å²) in [7, 11) is 3.15. The highest BCUT2D eigenvalue weighted by Gasteiger charge is 2.09. The molecule has 0 radical (unpaired) electrons. The highest BCUT2D eigenvalue weighted by atomic mass is 32.1. The topological polar surface area (TPSA) is 60.5 Å². The monoisotopic (exact) mass is 342 g/mol. The second-order valence-corrected chi connectivity index (χ2v) is 6.34. The average molecular weight is 342 g/mol. The molecule has 24 heavy (non-hydrogen) atoms. The maximum absolute atomic E-state index is 12.2. The molecule has 5 nitrogen and oxygen atoms in total. The molecule has 3 rings (SSSR count). The lowest BCUT2D eigenvalue weighted by molar-refractivity contribution is -0.116. The average Bonchev–Trinajstić information content (AvgIpc) is 3.02. The van der Waals surface area contributed by atoms with E-state index in [0.717, 1.165) is 15.2 Å². The van der Waals surface area contributed by atoms with Crippen molar-refractivity contribution in [3.05, 3.63) is 47.5 Å². The molecule has 2 aromatic carbocycles. The second kappa shape index (κ2) is 7.31. The first kappa shape index (κ1) is 16.3. The Balaban J connectivity index is 1.63. The van der Waals surface area contributed by atoms with Crippen LogP contribution in [0.2, 0.25) is 0 Å². The van der Waals surface area contributed by atoms with Gasteiger partial charge in [0.05, 0.1) is 29.4 Å². The number of carbonyl (C=O) groups excluding carboxylic acids is 1. The van der Waals surface area contributed by atoms with Crippen LogP contribution in [0.25, 0.3) is 10.2 Å². The Morgan fingerprint density at radius 1 is 1.12 bits per heavy atom. The molecule has 0 aliphatic heterocycles. The van der Waals surface area contributed by atoms with Crippen molar-refractivity contribution < 1.29 is 14.3 Å². The van der Waals surface area contributed by atoms with Crippen molar-refractivity contribution >= 4 is 33.1 Å². The molecule has 0 aliphatic carbocycles. The molecule has 124 valence electrons. The number of fused-ring (bicyclic) bond motifs is 1. The zero-order valence-corrected chi connectivity index (χ0v) is 14.4. The summed E-state index contributed by atoms with van der Waals surface area (Å²) in [6, 6.07) is 13.3. The van der Waals surface area contributed by atoms with Crippen LogP contribution in [0.3, 0.4) is 0 Å². The number of hydrogen-bond acceptors (Lipinski definition) is 5. The fourth-order valence-electron chi connectivity index (χ4n) is 2.35. The van der Waals surface area contributed by atoms with Crippen molar-refractivity contribution in [3.8, 4) is 11.5 Å². The summed E-state index contributed by atoms with van der Waals surface area (Å²) in [5.74, 6) is 1.20. The number of nitrogens with zero attached hydrogens (tertiary/aromatic N) is 1. The third-order valence-electron chi connectivity index (χ3n) is 3.54. The molecule has 1 amide bonds. The van der Waals surface area contributed by atoms with Gasteiger partial charge in [0.2, 0.25) is 5.91 Å². The van der Waals surface area contributed by atoms with E-state index in [1.54, 1.807) is 43.8 Å². The minimum atomic E-state index is -0.0652. The Hall–Kier alpha value is -2.60. The SMILES string of the molecule is COc1cc(NC(=O)CCc2nc3ccccc3s2)cc(OC)c1. The van der Waals surface area contributed by atoms with Crippen molar-refractivity contribution in [3.63, 3.8) is 0 Å². The molecular weight excluding hydrogens is 324 g/mol. The summed E-state index contributed by atoms with van der Waals surface area (Å²) in [5.41, 5.74) is 1.64. The van der Waals surface area contributed by atoms with Crippen LogP contribution in [0.1, 0.15) is 11.4 Å². The van der Waals surface area contributed by atoms with Gasteiger partial charge >= 0.3 is 0 Å². The van der Waals surface area contributed by atoms with Crippen LogP contribution in [0.4, 0.5) is 5.69 Å². The summed E-state index contributed by atoms with van der Waals surface area (Å²) < 4.78 is 11.5. The molecule has 1 N–H and O–H groups in total. The molecule has 0 aliphatic rings. The van der Waals surface area contributed by atoms with Gasteiger partial charge in [-0.1, -0.05) is 12.1 Å². The summed E-state index contributed by atoms with van der Waals surface area (Å²) in [4.78, 5) is 16.7. The van der Waals surface area contributed by atoms with Crippen LogP contribution in [0.15, 0.2) is 42.5 Å². The number of amides is 1. The van der Waals surface area contributed by atoms with Gasteiger partial charge in [0.15, 0.2) is 0 Å². The molecular formula is C18H18N2O3S. The minimum Gasteiger partial charge on any atom is -0.497 e. The lowest BCUT2D eigenvalue weighted by Gasteiger charge is -2.09. The van der Waals surface area contributed by atoms with Gasteiger partial charge in [-0.25, -0.2) is 4.98 Å². The van der Waals surface area contributed by atoms with Gasteiger partial charge in [-0.15, -0.1) is 11.3 Å². The standard InChI is InChI=1S/C18H18N2O3S/c1-22-13-9-12(10-14(11-13)23-2)19-17(21)7-8-18-20-15-5-3-4-6-16(15)24-18/h3-6,9-11H,7-8H2,1-2H3,(H,19,21). The normalized spacial score (nSPS) is 10.6. The van der Waals surface area contributed by atoms with Crippen LogP contribution in [-0.4, -0.2) is 25.1 Å². The number of aryl methyl sites for hydroxylation is 1. The van der Waals surface area contributed by atoms with Gasteiger partial charge in [0.25, 0.3) is 0 Å². The van der Waals surface area contributed by atoms with Gasteiger partial charge < -0.3 is 14.8 Å². The van der Waals surface area contributed by atoms with E-state index in [-0.39, 0.29) is 5.91 Å². The van der Waals surface area contributed by atoms with Crippen LogP contribution < -0.4 is 14.8 Å². The van der Waals surface area contributed by atoms with Gasteiger partial charge in [-0.05, 0) is 12.1 Å². The van der Waals surface area contributed by atoms with Crippen molar-refractivity contribution in [2.45, 2.75) is 12.8 Å². The molecule has 0 saturated carbocycles. The van der Waals surface area contributed by atoms with Crippen LogP contribution in [0, 0.1) is 0 Å². The first-order valence-corrected chi connectivity index (χ1v) is 8.37. The second-order valence-electron chi connectivity index (χ2n) is 5.22. The van der Waals surface area contributed by atoms with E-state index in [1.165, 1.54) is 0 Å². The highest BCUT2D eigenvalue weighted by molar-refractivity contribution is 7.18. The lowest BCUT2D eigenvalue weighted by Crippen LogP contribution is -2.12. The first-order chi connectivity index (χ1) is 11.7. The molecule has 3 aromatic rings. The number of rotatable bonds is 6. The fraction of sp³-hybridized carbons (Fsp3) is 0.222. The quantitative estimate of drug-likeness (QED) is 0.738. The van der Waals surface area contributed by atoms with Crippen LogP contribution in [-0.2, 0) is 11.2 Å². The molecule has 0 atom stereocenters. The first-order valence-electron chi connectivity index (χ1n) is 7.55. The Kier molecular flexibility index (Phi) is 4.96. The number of benzene rings is 2. The van der Waals surface area contributed by atoms with Crippen molar-refractivity contribution in [1.82, 2.24) is 4.98 Å². The number of para-hydroxylation sites is 1. The van der Waals surface area contributed by atoms with Gasteiger partial charge in [-0.3, -0.25) is 4.79 Å². The van der Waals surface area contributed by atoms with Crippen LogP contribution >= 0.6 is 11.3 Å². The van der Waals surface area contributed by atoms with Crippen molar-refractivity contribution in [2.75, 3.05) is 19.5 Å². The number of nitrogens with one attached hydrogen (secondary N) is 1. The van der Waals surface area contributed by atoms with Crippen molar-refractivity contribution in [2.24, 2.45) is 0 Å². The molecule has 1 heterocycles. The van der Waals surface area contributed by atoms with E-state index in [2.05, 4.69) is 10.3 Å². The van der Waals surface area contributed by atoms with E-state index in [1.807, 2.05) is 24.3 Å². The van der Waals surface area contributed by atoms with E-state index in [9.17, 15) is 4.79 Å². The summed E-state index contributed by atoms with van der Waals surface area (Å²) in [6.45, 7) is 0. The Morgan fingerprint density at radius 3 is 2.50 bits per heavy atom. The third-order valence-corrected chi connectivity index (χ3v) is 4.64. The number of methoxy groups -OCH3 is 2. The fourth-order valence-corrected chi connectivity index (χ4v) is 3.32. The Morgan fingerprint density at radius 2 is 1.83 bits per heavy atom. The smallest absolute Gasteiger partial charge is 0.224 e. The van der Waals surface area contributed by atoms with E-state index in [4.69, 9.17) is 9.47 Å². The van der Waals surface area contributed by atoms with Gasteiger partial charge in [-0.2, -0.15) is 0 Å². The van der Waals surface area contributed by atoms with Gasteiger partial charge in [0, 0.05) is 36.7 Å². The van der Waals surface area contributed by atoms with E-state index >= 15 is 0 Å². The number of carbonyl (C=O) groups is 1. The largest absolute Gasteiger partial charge is 0.497 e. The van der Waals surface area contributed by atoms with Gasteiger partial charge in [0.1, 0.15) is 11.5 Å². The predicted molar refractivity (Wildman–Crippen MR) is 96.1 cm³/mol. The van der Waals surface area contributed by atoms with E-state index in [0.29, 0.717) is 30.0 Å². The summed E-state index contributed by atoms with van der Waals surface area (Å²) >= 11 is 1.63. The molecule has 0 fully saturated rings. The van der Waals surface area contributed by atoms with Crippen LogP contribution in [0.5, 0.6) is 11.5 Å². The lowest BCUT2D eigenvalue weighted by atomic mass is 10.2. The number of ether oxygens (including phenoxy) is 2. The summed E-state index contributed by atoms with van der Waals surface area (Å²) in [5, 5.41) is 3.84. The molecule has 0 saturated heterocycles. The highest BCUT2D eigenvalue weighted by Crippen LogP contribution is 2.26. The minimum absolute atomic E-state index is 0.0652.